The smallest absolute Gasteiger partial charge is 0.283 e. The van der Waals surface area contributed by atoms with Crippen molar-refractivity contribution in [2.45, 2.75) is 6.42 Å². The van der Waals surface area contributed by atoms with Crippen molar-refractivity contribution in [1.82, 2.24) is 0 Å². The highest BCUT2D eigenvalue weighted by Gasteiger charge is 2.01. The summed E-state index contributed by atoms with van der Waals surface area (Å²) < 4.78 is 5.00. The first-order chi connectivity index (χ1) is 6.26. The summed E-state index contributed by atoms with van der Waals surface area (Å²) >= 11 is 0. The van der Waals surface area contributed by atoms with E-state index in [0.717, 1.165) is 11.3 Å². The Morgan fingerprint density at radius 1 is 1.46 bits per heavy atom. The second-order valence-corrected chi connectivity index (χ2v) is 2.66. The first kappa shape index (κ1) is 9.38. The lowest BCUT2D eigenvalue weighted by Gasteiger charge is -2.00. The van der Waals surface area contributed by atoms with E-state index in [0.29, 0.717) is 12.3 Å². The molecule has 0 saturated carbocycles. The van der Waals surface area contributed by atoms with Gasteiger partial charge in [0.05, 0.1) is 13.5 Å². The Morgan fingerprint density at radius 2 is 2.08 bits per heavy atom. The molecule has 0 heterocycles. The lowest BCUT2D eigenvalue weighted by Crippen LogP contribution is -2.72. The fraction of sp³-hybridized carbons (Fsp3) is 0.222. The van der Waals surface area contributed by atoms with Crippen LogP contribution in [0.15, 0.2) is 24.3 Å². The number of hydrogen-bond acceptors (Lipinski definition) is 2. The van der Waals surface area contributed by atoms with Crippen molar-refractivity contribution >= 4 is 5.84 Å². The second kappa shape index (κ2) is 4.35. The van der Waals surface area contributed by atoms with E-state index in [2.05, 4.69) is 0 Å². The van der Waals surface area contributed by atoms with Crippen molar-refractivity contribution in [2.24, 2.45) is 5.73 Å². The van der Waals surface area contributed by atoms with Gasteiger partial charge in [-0.1, -0.05) is 17.3 Å². The number of benzene rings is 1. The van der Waals surface area contributed by atoms with Gasteiger partial charge in [-0.25, -0.2) is 0 Å². The first-order valence-electron chi connectivity index (χ1n) is 3.90. The largest absolute Gasteiger partial charge is 0.497 e. The molecule has 4 heteroatoms. The predicted octanol–water partition coefficient (Wildman–Crippen LogP) is -0.935. The number of nitrogens with one attached hydrogen (secondary N) is 1. The van der Waals surface area contributed by atoms with E-state index in [-0.39, 0.29) is 0 Å². The van der Waals surface area contributed by atoms with Crippen molar-refractivity contribution in [3.8, 4) is 5.75 Å². The molecule has 0 spiro atoms. The molecular weight excluding hydrogens is 168 g/mol. The molecule has 0 bridgehead atoms. The fourth-order valence-corrected chi connectivity index (χ4v) is 1.00. The molecule has 0 amide bonds. The molecule has 0 atom stereocenters. The summed E-state index contributed by atoms with van der Waals surface area (Å²) in [4.78, 5) is 0. The van der Waals surface area contributed by atoms with Gasteiger partial charge < -0.3 is 9.94 Å². The first-order valence-corrected chi connectivity index (χ1v) is 3.90. The fourth-order valence-electron chi connectivity index (χ4n) is 1.00. The maximum Gasteiger partial charge on any atom is 0.283 e. The minimum absolute atomic E-state index is 0.324. The highest BCUT2D eigenvalue weighted by molar-refractivity contribution is 5.76. The normalized spacial score (nSPS) is 11.3. The Bertz CT molecular complexity index is 293. The molecule has 4 nitrogen and oxygen atoms in total. The molecule has 0 saturated heterocycles. The topological polar surface area (TPSA) is 69.5 Å². The molecule has 1 aromatic rings. The van der Waals surface area contributed by atoms with E-state index in [1.807, 2.05) is 29.4 Å². The van der Waals surface area contributed by atoms with E-state index in [1.165, 1.54) is 0 Å². The SMILES string of the molecule is COc1ccc(CC(N)=[NH+]O)cc1. The zero-order valence-corrected chi connectivity index (χ0v) is 7.45. The molecule has 13 heavy (non-hydrogen) atoms. The van der Waals surface area contributed by atoms with E-state index >= 15 is 0 Å². The summed E-state index contributed by atoms with van der Waals surface area (Å²) in [5.41, 5.74) is 6.41. The molecule has 0 fully saturated rings. The van der Waals surface area contributed by atoms with Gasteiger partial charge in [0.1, 0.15) is 5.75 Å². The van der Waals surface area contributed by atoms with Crippen molar-refractivity contribution in [2.75, 3.05) is 7.11 Å². The van der Waals surface area contributed by atoms with Crippen LogP contribution in [0.25, 0.3) is 0 Å². The van der Waals surface area contributed by atoms with Crippen molar-refractivity contribution in [3.63, 3.8) is 0 Å². The van der Waals surface area contributed by atoms with Gasteiger partial charge in [-0.3, -0.25) is 5.73 Å². The summed E-state index contributed by atoms with van der Waals surface area (Å²) in [6.45, 7) is 0. The third-order valence-electron chi connectivity index (χ3n) is 1.70. The van der Waals surface area contributed by atoms with Crippen LogP contribution in [0.5, 0.6) is 5.75 Å². The number of hydrogen-bond donors (Lipinski definition) is 3. The molecule has 4 N–H and O–H groups in total. The maximum absolute atomic E-state index is 8.46. The third kappa shape index (κ3) is 2.66. The van der Waals surface area contributed by atoms with Gasteiger partial charge in [0.15, 0.2) is 0 Å². The average Bonchev–Trinajstić information content (AvgIpc) is 2.19. The molecule has 70 valence electrons. The monoisotopic (exact) mass is 181 g/mol. The third-order valence-corrected chi connectivity index (χ3v) is 1.70. The van der Waals surface area contributed by atoms with E-state index in [9.17, 15) is 0 Å². The molecule has 0 radical (unpaired) electrons. The second-order valence-electron chi connectivity index (χ2n) is 2.66. The average molecular weight is 181 g/mol. The molecule has 1 aromatic carbocycles. The lowest BCUT2D eigenvalue weighted by atomic mass is 10.1. The Kier molecular flexibility index (Phi) is 3.14. The molecule has 0 aliphatic heterocycles. The summed E-state index contributed by atoms with van der Waals surface area (Å²) in [5, 5.41) is 10.4. The van der Waals surface area contributed by atoms with Gasteiger partial charge in [0.2, 0.25) is 0 Å². The highest BCUT2D eigenvalue weighted by Crippen LogP contribution is 2.10. The van der Waals surface area contributed by atoms with Crippen LogP contribution < -0.4 is 15.6 Å². The van der Waals surface area contributed by atoms with Crippen LogP contribution in [-0.2, 0) is 6.42 Å². The molecule has 0 unspecified atom stereocenters. The summed E-state index contributed by atoms with van der Waals surface area (Å²) in [6.07, 6.45) is 0.500. The van der Waals surface area contributed by atoms with E-state index < -0.39 is 0 Å². The summed E-state index contributed by atoms with van der Waals surface area (Å²) in [5.74, 6) is 1.13. The predicted molar refractivity (Wildman–Crippen MR) is 48.6 cm³/mol. The highest BCUT2D eigenvalue weighted by atomic mass is 16.5. The number of rotatable bonds is 3. The van der Waals surface area contributed by atoms with Crippen LogP contribution in [-0.4, -0.2) is 18.2 Å². The van der Waals surface area contributed by atoms with Gasteiger partial charge >= 0.3 is 0 Å². The molecule has 0 aliphatic rings. The molecular formula is C9H13N2O2+. The number of methoxy groups -OCH3 is 1. The lowest BCUT2D eigenvalue weighted by molar-refractivity contribution is -0.738. The Labute approximate surface area is 76.6 Å². The quantitative estimate of drug-likeness (QED) is 0.244. The standard InChI is InChI=1S/C9H12N2O2/c1-13-8-4-2-7(3-5-8)6-9(10)11-12/h2-5,12H,6H2,1H3,(H2,10,11)/p+1. The number of ether oxygens (including phenoxy) is 1. The van der Waals surface area contributed by atoms with Gasteiger partial charge in [0.25, 0.3) is 5.84 Å². The Morgan fingerprint density at radius 3 is 2.54 bits per heavy atom. The van der Waals surface area contributed by atoms with Crippen molar-refractivity contribution in [3.05, 3.63) is 29.8 Å². The molecule has 0 aromatic heterocycles. The van der Waals surface area contributed by atoms with Crippen LogP contribution in [0.1, 0.15) is 5.56 Å². The Balaban J connectivity index is 2.69. The van der Waals surface area contributed by atoms with Gasteiger partial charge in [-0.15, -0.1) is 0 Å². The number of nitrogens with two attached hydrogens (primary N) is 1. The maximum atomic E-state index is 8.46. The van der Waals surface area contributed by atoms with Gasteiger partial charge in [0, 0.05) is 0 Å². The van der Waals surface area contributed by atoms with Crippen LogP contribution >= 0.6 is 0 Å². The van der Waals surface area contributed by atoms with Gasteiger partial charge in [-0.2, -0.15) is 0 Å². The Hall–Kier alpha value is -1.71. The minimum atomic E-state index is 0.324. The summed E-state index contributed by atoms with van der Waals surface area (Å²) in [7, 11) is 1.62. The molecule has 0 aliphatic carbocycles. The van der Waals surface area contributed by atoms with E-state index in [1.54, 1.807) is 7.11 Å². The molecule has 1 rings (SSSR count). The van der Waals surface area contributed by atoms with Crippen molar-refractivity contribution < 1.29 is 15.1 Å². The van der Waals surface area contributed by atoms with Crippen molar-refractivity contribution in [1.29, 1.82) is 0 Å². The van der Waals surface area contributed by atoms with Crippen LogP contribution in [0, 0.1) is 0 Å². The van der Waals surface area contributed by atoms with Crippen LogP contribution in [0.4, 0.5) is 0 Å². The minimum Gasteiger partial charge on any atom is -0.497 e. The van der Waals surface area contributed by atoms with E-state index in [4.69, 9.17) is 15.7 Å². The summed E-state index contributed by atoms with van der Waals surface area (Å²) in [6, 6.07) is 7.48. The van der Waals surface area contributed by atoms with Crippen LogP contribution in [0.3, 0.4) is 0 Å². The number of amidine groups is 1. The zero-order chi connectivity index (χ0) is 9.68. The van der Waals surface area contributed by atoms with Gasteiger partial charge in [-0.05, 0) is 17.7 Å². The van der Waals surface area contributed by atoms with Crippen LogP contribution in [0.2, 0.25) is 0 Å². The zero-order valence-electron chi connectivity index (χ0n) is 7.45.